The molecule has 2 aliphatic heterocycles. The van der Waals surface area contributed by atoms with Crippen LogP contribution in [-0.2, 0) is 0 Å². The van der Waals surface area contributed by atoms with Crippen LogP contribution in [0.5, 0.6) is 0 Å². The Balaban J connectivity index is 1.57. The molecule has 1 radical (unpaired) electrons. The Morgan fingerprint density at radius 3 is 2.66 bits per heavy atom. The topological polar surface area (TPSA) is 44.4 Å². The fourth-order valence-electron chi connectivity index (χ4n) is 6.23. The molecule has 5 rings (SSSR count). The van der Waals surface area contributed by atoms with E-state index in [1.165, 1.54) is 18.2 Å². The van der Waals surface area contributed by atoms with E-state index < -0.39 is 11.7 Å². The van der Waals surface area contributed by atoms with Crippen molar-refractivity contribution in [3.8, 4) is 0 Å². The monoisotopic (exact) mass is 516 g/mol. The maximum absolute atomic E-state index is 15.3. The van der Waals surface area contributed by atoms with Crippen LogP contribution in [0.15, 0.2) is 60.7 Å². The Hall–Kier alpha value is -2.93. The van der Waals surface area contributed by atoms with Gasteiger partial charge in [0.2, 0.25) is 0 Å². The van der Waals surface area contributed by atoms with Gasteiger partial charge in [-0.05, 0) is 67.8 Å². The summed E-state index contributed by atoms with van der Waals surface area (Å²) < 4.78 is 29.5. The van der Waals surface area contributed by atoms with E-state index in [9.17, 15) is 9.18 Å². The maximum atomic E-state index is 15.3. The molecule has 0 bridgehead atoms. The number of Topliss-reactive ketones (excluding diaryl/α,β-unsaturated/α-hetero) is 1. The molecule has 2 heterocycles. The minimum Gasteiger partial charge on any atom is -0.314 e. The fraction of sp³-hybridized carbons (Fsp3) is 0.406. The Kier molecular flexibility index (Phi) is 8.32. The first kappa shape index (κ1) is 26.7. The van der Waals surface area contributed by atoms with Gasteiger partial charge < -0.3 is 15.5 Å². The predicted molar refractivity (Wildman–Crippen MR) is 147 cm³/mol. The molecule has 4 nitrogen and oxygen atoms in total. The van der Waals surface area contributed by atoms with Crippen molar-refractivity contribution in [2.24, 2.45) is 5.92 Å². The quantitative estimate of drug-likeness (QED) is 0.433. The number of nitrogens with zero attached hydrogens (tertiary/aromatic N) is 1. The first-order chi connectivity index (χ1) is 18.4. The highest BCUT2D eigenvalue weighted by Crippen LogP contribution is 2.46. The normalized spacial score (nSPS) is 24.3. The number of likely N-dealkylation sites (tertiary alicyclic amines) is 1. The lowest BCUT2D eigenvalue weighted by Crippen LogP contribution is -2.51. The fourth-order valence-corrected chi connectivity index (χ4v) is 6.23. The van der Waals surface area contributed by atoms with Gasteiger partial charge in [0.25, 0.3) is 0 Å². The average molecular weight is 517 g/mol. The molecule has 2 fully saturated rings. The zero-order valence-electron chi connectivity index (χ0n) is 22.1. The summed E-state index contributed by atoms with van der Waals surface area (Å²) in [6.45, 7) is 8.91. The minimum absolute atomic E-state index is 0.0982. The lowest BCUT2D eigenvalue weighted by atomic mass is 9.67. The summed E-state index contributed by atoms with van der Waals surface area (Å²) in [7, 11) is 0. The number of ketones is 1. The molecule has 2 saturated heterocycles. The number of hydrogen-bond acceptors (Lipinski definition) is 4. The molecule has 199 valence electrons. The number of halogens is 2. The number of nitrogens with one attached hydrogen (secondary N) is 2. The number of piperazine rings is 1. The van der Waals surface area contributed by atoms with Crippen molar-refractivity contribution in [1.82, 2.24) is 15.5 Å². The van der Waals surface area contributed by atoms with Gasteiger partial charge in [-0.2, -0.15) is 0 Å². The van der Waals surface area contributed by atoms with Crippen LogP contribution in [0.25, 0.3) is 0 Å². The number of carbonyl (C=O) groups excluding carboxylic acids is 1. The second-order valence-corrected chi connectivity index (χ2v) is 10.7. The molecule has 38 heavy (non-hydrogen) atoms. The van der Waals surface area contributed by atoms with Crippen LogP contribution < -0.4 is 10.6 Å². The van der Waals surface area contributed by atoms with Crippen molar-refractivity contribution >= 4 is 5.78 Å². The van der Waals surface area contributed by atoms with E-state index in [0.717, 1.165) is 49.3 Å². The third-order valence-corrected chi connectivity index (χ3v) is 8.35. The standard InChI is InChI=1S/C32H36F2N3O/c1-21-7-5-11-26(22(21)2)31-28(27-10-3-4-12-30(27)34)19-37(16-13-25-18-35-14-15-36-25)20-29(31)32(38)23-8-6-9-24(33)17-23/h3-9,11-12,17,25,28-29,31,35-36H,13-16,18-20H2,1-2H3/t25?,28-,29+,31+/m1/s1. The van der Waals surface area contributed by atoms with Crippen LogP contribution in [0.1, 0.15) is 50.9 Å². The van der Waals surface area contributed by atoms with Crippen molar-refractivity contribution in [2.75, 3.05) is 39.3 Å². The van der Waals surface area contributed by atoms with Crippen LogP contribution in [0, 0.1) is 37.5 Å². The average Bonchev–Trinajstić information content (AvgIpc) is 2.93. The number of hydrogen-bond donors (Lipinski definition) is 2. The van der Waals surface area contributed by atoms with Crippen LogP contribution in [0.2, 0.25) is 0 Å². The second kappa shape index (κ2) is 11.9. The first-order valence-corrected chi connectivity index (χ1v) is 13.6. The summed E-state index contributed by atoms with van der Waals surface area (Å²) in [5.41, 5.74) is 4.18. The Morgan fingerprint density at radius 2 is 1.89 bits per heavy atom. The number of carbonyl (C=O) groups is 1. The van der Waals surface area contributed by atoms with E-state index in [1.807, 2.05) is 6.07 Å². The molecule has 0 spiro atoms. The Morgan fingerprint density at radius 1 is 1.05 bits per heavy atom. The third-order valence-electron chi connectivity index (χ3n) is 8.35. The summed E-state index contributed by atoms with van der Waals surface area (Å²) in [5, 5.41) is 6.99. The lowest BCUT2D eigenvalue weighted by molar-refractivity contribution is 0.0727. The van der Waals surface area contributed by atoms with Crippen molar-refractivity contribution in [1.29, 1.82) is 0 Å². The van der Waals surface area contributed by atoms with Gasteiger partial charge >= 0.3 is 0 Å². The SMILES string of the molecule is Cc1cccc([C@@H]2[C@@H](C(=O)c3cccc(F)c3)CN(CCC3CNCCN3)C[C@@H]2c2[c]cccc2F)c1C. The number of piperidine rings is 1. The van der Waals surface area contributed by atoms with Crippen LogP contribution in [0.4, 0.5) is 8.78 Å². The largest absolute Gasteiger partial charge is 0.314 e. The van der Waals surface area contributed by atoms with Gasteiger partial charge in [-0.15, -0.1) is 0 Å². The van der Waals surface area contributed by atoms with Crippen molar-refractivity contribution < 1.29 is 13.6 Å². The number of aryl methyl sites for hydroxylation is 1. The molecule has 6 heteroatoms. The van der Waals surface area contributed by atoms with E-state index in [4.69, 9.17) is 0 Å². The van der Waals surface area contributed by atoms with Gasteiger partial charge in [0, 0.05) is 67.6 Å². The van der Waals surface area contributed by atoms with Gasteiger partial charge in [-0.3, -0.25) is 4.79 Å². The Labute approximate surface area is 224 Å². The molecule has 4 atom stereocenters. The van der Waals surface area contributed by atoms with E-state index in [2.05, 4.69) is 47.6 Å². The predicted octanol–water partition coefficient (Wildman–Crippen LogP) is 5.02. The van der Waals surface area contributed by atoms with Crippen LogP contribution in [-0.4, -0.2) is 56.0 Å². The summed E-state index contributed by atoms with van der Waals surface area (Å²) in [6.07, 6.45) is 0.926. The molecular formula is C32H36F2N3O. The summed E-state index contributed by atoms with van der Waals surface area (Å²) in [6, 6.07) is 20.5. The highest BCUT2D eigenvalue weighted by Gasteiger charge is 2.43. The smallest absolute Gasteiger partial charge is 0.167 e. The van der Waals surface area contributed by atoms with E-state index in [1.54, 1.807) is 24.3 Å². The van der Waals surface area contributed by atoms with E-state index in [0.29, 0.717) is 30.3 Å². The first-order valence-electron chi connectivity index (χ1n) is 13.6. The van der Waals surface area contributed by atoms with Gasteiger partial charge in [0.1, 0.15) is 11.6 Å². The van der Waals surface area contributed by atoms with Gasteiger partial charge in [-0.1, -0.05) is 42.5 Å². The lowest BCUT2D eigenvalue weighted by Gasteiger charge is -2.45. The molecule has 0 aromatic heterocycles. The van der Waals surface area contributed by atoms with Crippen molar-refractivity contribution in [3.63, 3.8) is 0 Å². The third kappa shape index (κ3) is 5.73. The molecule has 1 unspecified atom stereocenters. The minimum atomic E-state index is -0.457. The molecule has 0 aliphatic carbocycles. The van der Waals surface area contributed by atoms with E-state index >= 15 is 4.39 Å². The van der Waals surface area contributed by atoms with Crippen LogP contribution >= 0.6 is 0 Å². The van der Waals surface area contributed by atoms with Gasteiger partial charge in [0.05, 0.1) is 0 Å². The zero-order valence-corrected chi connectivity index (χ0v) is 22.1. The van der Waals surface area contributed by atoms with Crippen molar-refractivity contribution in [3.05, 3.63) is 106 Å². The summed E-state index contributed by atoms with van der Waals surface area (Å²) in [5.74, 6) is -1.82. The highest BCUT2D eigenvalue weighted by atomic mass is 19.1. The van der Waals surface area contributed by atoms with Gasteiger partial charge in [-0.25, -0.2) is 8.78 Å². The second-order valence-electron chi connectivity index (χ2n) is 10.7. The molecule has 3 aromatic rings. The number of rotatable bonds is 7. The van der Waals surface area contributed by atoms with Gasteiger partial charge in [0.15, 0.2) is 5.78 Å². The van der Waals surface area contributed by atoms with E-state index in [-0.39, 0.29) is 23.4 Å². The zero-order chi connectivity index (χ0) is 26.6. The molecule has 2 aliphatic rings. The summed E-state index contributed by atoms with van der Waals surface area (Å²) >= 11 is 0. The molecule has 3 aromatic carbocycles. The van der Waals surface area contributed by atoms with Crippen LogP contribution in [0.3, 0.4) is 0 Å². The number of benzene rings is 3. The molecule has 2 N–H and O–H groups in total. The van der Waals surface area contributed by atoms with Crippen molar-refractivity contribution in [2.45, 2.75) is 38.1 Å². The summed E-state index contributed by atoms with van der Waals surface area (Å²) in [4.78, 5) is 16.4. The Bertz CT molecular complexity index is 1270. The maximum Gasteiger partial charge on any atom is 0.167 e. The molecule has 0 saturated carbocycles. The highest BCUT2D eigenvalue weighted by molar-refractivity contribution is 5.98. The molecule has 0 amide bonds. The molecular weight excluding hydrogens is 480 g/mol.